The van der Waals surface area contributed by atoms with Crippen LogP contribution in [0.4, 0.5) is 5.82 Å². The van der Waals surface area contributed by atoms with Crippen molar-refractivity contribution in [3.8, 4) is 0 Å². The van der Waals surface area contributed by atoms with Crippen molar-refractivity contribution in [3.05, 3.63) is 21.7 Å². The monoisotopic (exact) mass is 288 g/mol. The second kappa shape index (κ2) is 5.77. The number of aryl methyl sites for hydroxylation is 1. The number of aliphatic imine (C=N–C) groups is 1. The van der Waals surface area contributed by atoms with Crippen molar-refractivity contribution >= 4 is 17.8 Å². The molecule has 1 aliphatic heterocycles. The van der Waals surface area contributed by atoms with Gasteiger partial charge in [-0.05, 0) is 13.0 Å². The number of unbranched alkanes of at least 4 members (excludes halogenated alkanes) is 2. The van der Waals surface area contributed by atoms with Crippen LogP contribution < -0.4 is 11.3 Å². The molecule has 21 heavy (non-hydrogen) atoms. The minimum atomic E-state index is -0.0577. The van der Waals surface area contributed by atoms with E-state index in [4.69, 9.17) is 5.73 Å². The van der Waals surface area contributed by atoms with Crippen LogP contribution in [0.25, 0.3) is 5.78 Å². The van der Waals surface area contributed by atoms with Gasteiger partial charge in [-0.2, -0.15) is 0 Å². The Bertz CT molecular complexity index is 742. The molecule has 0 atom stereocenters. The summed E-state index contributed by atoms with van der Waals surface area (Å²) in [7, 11) is 0. The first-order valence-corrected chi connectivity index (χ1v) is 7.50. The van der Waals surface area contributed by atoms with E-state index < -0.39 is 0 Å². The van der Waals surface area contributed by atoms with Gasteiger partial charge in [0.15, 0.2) is 0 Å². The quantitative estimate of drug-likeness (QED) is 0.797. The molecule has 2 aromatic heterocycles. The van der Waals surface area contributed by atoms with E-state index in [9.17, 15) is 4.79 Å². The number of fused-ring (bicyclic) bond motifs is 2. The standard InChI is InChI=1S/C14H20N6O/c1-2-3-4-9-19-12-10(6-8-16-12)13(21)20-11(5-7-15)17-18-14(19)20/h8H,2-7,9,15H2,1H3. The number of nitrogens with two attached hydrogens (primary N) is 1. The Morgan fingerprint density at radius 3 is 2.95 bits per heavy atom. The lowest BCUT2D eigenvalue weighted by Crippen LogP contribution is -2.24. The third-order valence-corrected chi connectivity index (χ3v) is 3.80. The summed E-state index contributed by atoms with van der Waals surface area (Å²) in [5, 5.41) is 8.34. The average Bonchev–Trinajstić information content (AvgIpc) is 3.10. The molecule has 7 nitrogen and oxygen atoms in total. The summed E-state index contributed by atoms with van der Waals surface area (Å²) in [6.45, 7) is 3.42. The molecular weight excluding hydrogens is 268 g/mol. The van der Waals surface area contributed by atoms with E-state index in [1.165, 1.54) is 0 Å². The number of hydrogen-bond acceptors (Lipinski definition) is 5. The fourth-order valence-corrected chi connectivity index (χ4v) is 2.74. The van der Waals surface area contributed by atoms with E-state index in [0.29, 0.717) is 31.0 Å². The van der Waals surface area contributed by atoms with Gasteiger partial charge in [-0.15, -0.1) is 10.2 Å². The van der Waals surface area contributed by atoms with Crippen LogP contribution in [0.15, 0.2) is 9.79 Å². The maximum Gasteiger partial charge on any atom is 0.266 e. The molecule has 7 heteroatoms. The van der Waals surface area contributed by atoms with Gasteiger partial charge in [0.05, 0.1) is 5.56 Å². The molecule has 0 radical (unpaired) electrons. The average molecular weight is 288 g/mol. The lowest BCUT2D eigenvalue weighted by molar-refractivity contribution is 0.602. The molecule has 0 aliphatic carbocycles. The Hall–Kier alpha value is -2.02. The van der Waals surface area contributed by atoms with Gasteiger partial charge in [-0.1, -0.05) is 19.8 Å². The number of hydrogen-bond donors (Lipinski definition) is 1. The van der Waals surface area contributed by atoms with Crippen LogP contribution in [0.5, 0.6) is 0 Å². The van der Waals surface area contributed by atoms with E-state index in [1.54, 1.807) is 10.6 Å². The molecule has 0 unspecified atom stereocenters. The molecule has 0 aromatic carbocycles. The lowest BCUT2D eigenvalue weighted by Gasteiger charge is -2.12. The first kappa shape index (κ1) is 13.9. The number of rotatable bonds is 6. The molecule has 0 bridgehead atoms. The van der Waals surface area contributed by atoms with Gasteiger partial charge < -0.3 is 5.73 Å². The van der Waals surface area contributed by atoms with Crippen LogP contribution in [0.1, 0.15) is 37.6 Å². The number of aromatic nitrogens is 4. The summed E-state index contributed by atoms with van der Waals surface area (Å²) < 4.78 is 3.62. The fraction of sp³-hybridized carbons (Fsp3) is 0.571. The van der Waals surface area contributed by atoms with Crippen molar-refractivity contribution in [3.63, 3.8) is 0 Å². The molecule has 3 heterocycles. The molecule has 0 saturated heterocycles. The highest BCUT2D eigenvalue weighted by Crippen LogP contribution is 2.24. The molecule has 0 saturated carbocycles. The van der Waals surface area contributed by atoms with Crippen molar-refractivity contribution < 1.29 is 0 Å². The molecule has 0 spiro atoms. The third kappa shape index (κ3) is 2.27. The first-order chi connectivity index (χ1) is 10.3. The molecular formula is C14H20N6O. The summed E-state index contributed by atoms with van der Waals surface area (Å²) in [6.07, 6.45) is 6.24. The summed E-state index contributed by atoms with van der Waals surface area (Å²) in [5.41, 5.74) is 6.27. The molecule has 2 aromatic rings. The van der Waals surface area contributed by atoms with E-state index in [-0.39, 0.29) is 5.56 Å². The fourth-order valence-electron chi connectivity index (χ4n) is 2.74. The zero-order valence-corrected chi connectivity index (χ0v) is 12.2. The van der Waals surface area contributed by atoms with E-state index in [0.717, 1.165) is 37.2 Å². The topological polar surface area (TPSA) is 90.6 Å². The molecule has 3 rings (SSSR count). The molecule has 2 N–H and O–H groups in total. The van der Waals surface area contributed by atoms with Gasteiger partial charge in [-0.3, -0.25) is 9.36 Å². The largest absolute Gasteiger partial charge is 0.330 e. The molecule has 0 amide bonds. The van der Waals surface area contributed by atoms with E-state index >= 15 is 0 Å². The highest BCUT2D eigenvalue weighted by molar-refractivity contribution is 5.74. The van der Waals surface area contributed by atoms with Crippen LogP contribution >= 0.6 is 0 Å². The maximum atomic E-state index is 12.6. The molecule has 0 fully saturated rings. The zero-order valence-electron chi connectivity index (χ0n) is 12.2. The van der Waals surface area contributed by atoms with Crippen LogP contribution in [-0.2, 0) is 19.4 Å². The van der Waals surface area contributed by atoms with Crippen molar-refractivity contribution in [1.29, 1.82) is 0 Å². The Balaban J connectivity index is 2.17. The minimum Gasteiger partial charge on any atom is -0.330 e. The second-order valence-corrected chi connectivity index (χ2v) is 5.27. The Labute approximate surface area is 122 Å². The van der Waals surface area contributed by atoms with Crippen LogP contribution in [0.2, 0.25) is 0 Å². The van der Waals surface area contributed by atoms with Crippen LogP contribution in [0, 0.1) is 0 Å². The van der Waals surface area contributed by atoms with Crippen LogP contribution in [-0.4, -0.2) is 31.9 Å². The van der Waals surface area contributed by atoms with Crippen molar-refractivity contribution in [2.24, 2.45) is 10.7 Å². The van der Waals surface area contributed by atoms with E-state index in [2.05, 4.69) is 22.1 Å². The van der Waals surface area contributed by atoms with Gasteiger partial charge in [0.25, 0.3) is 5.56 Å². The first-order valence-electron chi connectivity index (χ1n) is 7.50. The highest BCUT2D eigenvalue weighted by Gasteiger charge is 2.22. The zero-order chi connectivity index (χ0) is 14.8. The Kier molecular flexibility index (Phi) is 3.83. The smallest absolute Gasteiger partial charge is 0.266 e. The Morgan fingerprint density at radius 1 is 1.33 bits per heavy atom. The normalized spacial score (nSPS) is 13.2. The third-order valence-electron chi connectivity index (χ3n) is 3.80. The molecule has 1 aliphatic rings. The lowest BCUT2D eigenvalue weighted by atomic mass is 10.2. The summed E-state index contributed by atoms with van der Waals surface area (Å²) in [5.74, 6) is 1.96. The summed E-state index contributed by atoms with van der Waals surface area (Å²) in [4.78, 5) is 17.0. The minimum absolute atomic E-state index is 0.0577. The highest BCUT2D eigenvalue weighted by atomic mass is 16.1. The van der Waals surface area contributed by atoms with Gasteiger partial charge in [0, 0.05) is 25.6 Å². The Morgan fingerprint density at radius 2 is 2.19 bits per heavy atom. The van der Waals surface area contributed by atoms with Gasteiger partial charge in [-0.25, -0.2) is 9.39 Å². The maximum absolute atomic E-state index is 12.6. The predicted octanol–water partition coefficient (Wildman–Crippen LogP) is 0.841. The number of nitrogens with zero attached hydrogens (tertiary/aromatic N) is 5. The second-order valence-electron chi connectivity index (χ2n) is 5.27. The van der Waals surface area contributed by atoms with Gasteiger partial charge in [0.2, 0.25) is 5.78 Å². The van der Waals surface area contributed by atoms with Gasteiger partial charge >= 0.3 is 0 Å². The van der Waals surface area contributed by atoms with Crippen molar-refractivity contribution in [2.45, 2.75) is 45.6 Å². The summed E-state index contributed by atoms with van der Waals surface area (Å²) >= 11 is 0. The van der Waals surface area contributed by atoms with Crippen LogP contribution in [0.3, 0.4) is 0 Å². The summed E-state index contributed by atoms with van der Waals surface area (Å²) in [6, 6.07) is 0. The van der Waals surface area contributed by atoms with E-state index in [1.807, 2.05) is 4.57 Å². The van der Waals surface area contributed by atoms with Gasteiger partial charge in [0.1, 0.15) is 11.6 Å². The van der Waals surface area contributed by atoms with Crippen molar-refractivity contribution in [2.75, 3.05) is 6.54 Å². The molecule has 112 valence electrons. The SMILES string of the molecule is CCCCCn1c2c(c(=O)n3c(CCN)nnc13)CC=N2. The van der Waals surface area contributed by atoms with Crippen molar-refractivity contribution in [1.82, 2.24) is 19.2 Å². The predicted molar refractivity (Wildman–Crippen MR) is 81.4 cm³/mol.